The molecule has 0 saturated carbocycles. The van der Waals surface area contributed by atoms with Crippen LogP contribution < -0.4 is 10.1 Å². The summed E-state index contributed by atoms with van der Waals surface area (Å²) in [4.78, 5) is 11.6. The number of benzene rings is 2. The van der Waals surface area contributed by atoms with E-state index in [1.807, 2.05) is 62.4 Å². The van der Waals surface area contributed by atoms with Crippen molar-refractivity contribution >= 4 is 16.9 Å². The first kappa shape index (κ1) is 23.3. The molecule has 0 spiro atoms. The first-order chi connectivity index (χ1) is 16.4. The number of carbonyl (C=O) groups excluding carboxylic acids is 1. The summed E-state index contributed by atoms with van der Waals surface area (Å²) in [6, 6.07) is 18.1. The third-order valence-electron chi connectivity index (χ3n) is 6.13. The van der Waals surface area contributed by atoms with E-state index in [1.54, 1.807) is 0 Å². The van der Waals surface area contributed by atoms with Crippen molar-refractivity contribution in [3.05, 3.63) is 82.9 Å². The first-order valence-corrected chi connectivity index (χ1v) is 11.4. The Labute approximate surface area is 199 Å². The van der Waals surface area contributed by atoms with Gasteiger partial charge in [0.2, 0.25) is 0 Å². The van der Waals surface area contributed by atoms with Gasteiger partial charge in [-0.25, -0.2) is 4.79 Å². The summed E-state index contributed by atoms with van der Waals surface area (Å²) in [5, 5.41) is 13.7. The molecule has 4 rings (SSSR count). The fraction of sp³-hybridized carbons (Fsp3) is 0.296. The van der Waals surface area contributed by atoms with E-state index in [1.165, 1.54) is 7.11 Å². The number of rotatable bonds is 7. The van der Waals surface area contributed by atoms with Gasteiger partial charge in [-0.2, -0.15) is 10.2 Å². The predicted molar refractivity (Wildman–Crippen MR) is 133 cm³/mol. The quantitative estimate of drug-likeness (QED) is 0.394. The van der Waals surface area contributed by atoms with Crippen molar-refractivity contribution < 1.29 is 14.3 Å². The molecule has 7 nitrogen and oxygen atoms in total. The molecular formula is C27H30N4O3. The number of aryl methyl sites for hydroxylation is 4. The van der Waals surface area contributed by atoms with Crippen LogP contribution in [0.1, 0.15) is 40.9 Å². The number of alkyl carbamates (subject to hydrolysis) is 1. The Bertz CT molecular complexity index is 1270. The fourth-order valence-electron chi connectivity index (χ4n) is 4.57. The zero-order valence-corrected chi connectivity index (χ0v) is 20.3. The van der Waals surface area contributed by atoms with Crippen molar-refractivity contribution in [2.75, 3.05) is 13.7 Å². The lowest BCUT2D eigenvalue weighted by atomic mass is 10.1. The molecule has 2 aromatic carbocycles. The van der Waals surface area contributed by atoms with E-state index in [0.29, 0.717) is 13.0 Å². The van der Waals surface area contributed by atoms with E-state index in [-0.39, 0.29) is 6.10 Å². The summed E-state index contributed by atoms with van der Waals surface area (Å²) in [6.45, 7) is 8.63. The SMILES string of the molecule is COC(=O)NCCC(Oc1ccccc1-n1c(C)c2c(C)nnc(C)c2c1C)c1ccccc1. The second-order valence-corrected chi connectivity index (χ2v) is 8.32. The summed E-state index contributed by atoms with van der Waals surface area (Å²) < 4.78 is 13.5. The Balaban J connectivity index is 1.75. The zero-order chi connectivity index (χ0) is 24.2. The number of hydrogen-bond acceptors (Lipinski definition) is 5. The third kappa shape index (κ3) is 4.46. The minimum absolute atomic E-state index is 0.253. The van der Waals surface area contributed by atoms with Crippen LogP contribution in [0.2, 0.25) is 0 Å². The highest BCUT2D eigenvalue weighted by atomic mass is 16.5. The number of fused-ring (bicyclic) bond motifs is 1. The monoisotopic (exact) mass is 458 g/mol. The van der Waals surface area contributed by atoms with Gasteiger partial charge < -0.3 is 19.4 Å². The van der Waals surface area contributed by atoms with Crippen LogP contribution in [0.15, 0.2) is 54.6 Å². The van der Waals surface area contributed by atoms with Gasteiger partial charge >= 0.3 is 6.09 Å². The smallest absolute Gasteiger partial charge is 0.406 e. The van der Waals surface area contributed by atoms with E-state index in [4.69, 9.17) is 9.47 Å². The number of amides is 1. The van der Waals surface area contributed by atoms with E-state index in [0.717, 1.165) is 50.5 Å². The second kappa shape index (κ2) is 9.95. The van der Waals surface area contributed by atoms with Gasteiger partial charge in [-0.1, -0.05) is 42.5 Å². The summed E-state index contributed by atoms with van der Waals surface area (Å²) >= 11 is 0. The lowest BCUT2D eigenvalue weighted by Gasteiger charge is -2.23. The minimum atomic E-state index is -0.453. The average Bonchev–Trinajstić information content (AvgIpc) is 3.12. The molecule has 1 atom stereocenters. The van der Waals surface area contributed by atoms with Gasteiger partial charge in [-0.05, 0) is 45.4 Å². The van der Waals surface area contributed by atoms with Gasteiger partial charge in [-0.3, -0.25) is 0 Å². The van der Waals surface area contributed by atoms with Crippen molar-refractivity contribution in [2.45, 2.75) is 40.2 Å². The molecule has 176 valence electrons. The molecule has 2 aromatic heterocycles. The molecule has 34 heavy (non-hydrogen) atoms. The van der Waals surface area contributed by atoms with E-state index < -0.39 is 6.09 Å². The van der Waals surface area contributed by atoms with Crippen LogP contribution in [0.4, 0.5) is 4.79 Å². The van der Waals surface area contributed by atoms with E-state index in [2.05, 4.69) is 40.0 Å². The Morgan fingerprint density at radius 1 is 0.912 bits per heavy atom. The summed E-state index contributed by atoms with van der Waals surface area (Å²) in [6.07, 6.45) is -0.118. The Kier molecular flexibility index (Phi) is 6.82. The Hall–Kier alpha value is -3.87. The molecule has 0 aliphatic heterocycles. The summed E-state index contributed by atoms with van der Waals surface area (Å²) in [5.74, 6) is 0.761. The molecule has 4 aromatic rings. The maximum absolute atomic E-state index is 11.6. The summed E-state index contributed by atoms with van der Waals surface area (Å²) in [7, 11) is 1.36. The van der Waals surface area contributed by atoms with Crippen LogP contribution in [-0.4, -0.2) is 34.5 Å². The lowest BCUT2D eigenvalue weighted by molar-refractivity contribution is 0.164. The van der Waals surface area contributed by atoms with Gasteiger partial charge in [0, 0.05) is 35.1 Å². The highest BCUT2D eigenvalue weighted by molar-refractivity contribution is 5.92. The van der Waals surface area contributed by atoms with Gasteiger partial charge in [0.15, 0.2) is 0 Å². The van der Waals surface area contributed by atoms with Gasteiger partial charge in [0.25, 0.3) is 0 Å². The predicted octanol–water partition coefficient (Wildman–Crippen LogP) is 5.52. The van der Waals surface area contributed by atoms with E-state index >= 15 is 0 Å². The van der Waals surface area contributed by atoms with Gasteiger partial charge in [-0.15, -0.1) is 0 Å². The second-order valence-electron chi connectivity index (χ2n) is 8.32. The van der Waals surface area contributed by atoms with Gasteiger partial charge in [0.05, 0.1) is 24.2 Å². The number of para-hydroxylation sites is 2. The van der Waals surface area contributed by atoms with Crippen molar-refractivity contribution in [3.8, 4) is 11.4 Å². The maximum atomic E-state index is 11.6. The topological polar surface area (TPSA) is 78.3 Å². The molecule has 0 saturated heterocycles. The molecule has 0 aliphatic rings. The molecule has 1 amide bonds. The largest absolute Gasteiger partial charge is 0.483 e. The highest BCUT2D eigenvalue weighted by Gasteiger charge is 2.21. The van der Waals surface area contributed by atoms with E-state index in [9.17, 15) is 4.79 Å². The Morgan fingerprint density at radius 2 is 1.50 bits per heavy atom. The lowest BCUT2D eigenvalue weighted by Crippen LogP contribution is -2.26. The normalized spacial score (nSPS) is 11.9. The molecule has 7 heteroatoms. The van der Waals surface area contributed by atoms with Crippen LogP contribution in [-0.2, 0) is 4.74 Å². The van der Waals surface area contributed by atoms with Crippen LogP contribution >= 0.6 is 0 Å². The number of nitrogens with zero attached hydrogens (tertiary/aromatic N) is 3. The van der Waals surface area contributed by atoms with Crippen LogP contribution in [0, 0.1) is 27.7 Å². The minimum Gasteiger partial charge on any atom is -0.483 e. The Morgan fingerprint density at radius 3 is 2.12 bits per heavy atom. The standard InChI is InChI=1S/C27H30N4O3/c1-17-25-19(3)31(20(4)26(25)18(2)30-29-17)22-13-9-10-14-24(22)34-23(15-16-28-27(32)33-5)21-11-7-6-8-12-21/h6-14,23H,15-16H2,1-5H3,(H,28,32). The van der Waals surface area contributed by atoms with Crippen LogP contribution in [0.5, 0.6) is 5.75 Å². The zero-order valence-electron chi connectivity index (χ0n) is 20.3. The summed E-state index contributed by atoms with van der Waals surface area (Å²) in [5.41, 5.74) is 6.01. The van der Waals surface area contributed by atoms with Crippen molar-refractivity contribution in [1.29, 1.82) is 0 Å². The molecule has 0 aliphatic carbocycles. The van der Waals surface area contributed by atoms with Crippen molar-refractivity contribution in [2.24, 2.45) is 0 Å². The number of nitrogens with one attached hydrogen (secondary N) is 1. The molecule has 0 bridgehead atoms. The fourth-order valence-corrected chi connectivity index (χ4v) is 4.57. The molecule has 0 fully saturated rings. The molecule has 2 heterocycles. The molecule has 1 unspecified atom stereocenters. The first-order valence-electron chi connectivity index (χ1n) is 11.4. The number of methoxy groups -OCH3 is 1. The van der Waals surface area contributed by atoms with Crippen molar-refractivity contribution in [3.63, 3.8) is 0 Å². The number of aromatic nitrogens is 3. The van der Waals surface area contributed by atoms with Crippen molar-refractivity contribution in [1.82, 2.24) is 20.1 Å². The van der Waals surface area contributed by atoms with Gasteiger partial charge in [0.1, 0.15) is 11.9 Å². The average molecular weight is 459 g/mol. The molecule has 0 radical (unpaired) electrons. The molecule has 1 N–H and O–H groups in total. The highest BCUT2D eigenvalue weighted by Crippen LogP contribution is 2.36. The molecular weight excluding hydrogens is 428 g/mol. The van der Waals surface area contributed by atoms with Crippen LogP contribution in [0.3, 0.4) is 0 Å². The number of hydrogen-bond donors (Lipinski definition) is 1. The third-order valence-corrected chi connectivity index (χ3v) is 6.13. The number of ether oxygens (including phenoxy) is 2. The maximum Gasteiger partial charge on any atom is 0.406 e. The number of carbonyl (C=O) groups is 1. The van der Waals surface area contributed by atoms with Crippen LogP contribution in [0.25, 0.3) is 16.5 Å².